The zero-order valence-electron chi connectivity index (χ0n) is 17.4. The maximum Gasteiger partial charge on any atom is 0.269 e. The van der Waals surface area contributed by atoms with Crippen LogP contribution in [0.5, 0.6) is 0 Å². The van der Waals surface area contributed by atoms with E-state index in [1.54, 1.807) is 48.8 Å². The minimum Gasteiger partial charge on any atom is -0.323 e. The van der Waals surface area contributed by atoms with Crippen LogP contribution in [0.15, 0.2) is 53.7 Å². The normalized spacial score (nSPS) is 19.4. The number of nitrogens with zero attached hydrogens (tertiary/aromatic N) is 5. The molecule has 1 fully saturated rings. The van der Waals surface area contributed by atoms with Gasteiger partial charge in [0.1, 0.15) is 11.3 Å². The summed E-state index contributed by atoms with van der Waals surface area (Å²) in [5, 5.41) is 9.76. The summed E-state index contributed by atoms with van der Waals surface area (Å²) in [5.41, 5.74) is 1.96. The smallest absolute Gasteiger partial charge is 0.269 e. The zero-order valence-corrected chi connectivity index (χ0v) is 18.9. The molecule has 1 aromatic carbocycles. The summed E-state index contributed by atoms with van der Waals surface area (Å²) < 4.78 is 29.9. The lowest BCUT2D eigenvalue weighted by molar-refractivity contribution is 0.279. The molecule has 164 valence electrons. The number of alkyl halides is 1. The topological polar surface area (TPSA) is 93.6 Å². The predicted octanol–water partition coefficient (Wildman–Crippen LogP) is 5.01. The second kappa shape index (κ2) is 8.23. The summed E-state index contributed by atoms with van der Waals surface area (Å²) in [6.07, 6.45) is 7.62. The van der Waals surface area contributed by atoms with Gasteiger partial charge in [-0.15, -0.1) is 11.6 Å². The first-order valence-corrected chi connectivity index (χ1v) is 12.6. The van der Waals surface area contributed by atoms with Crippen molar-refractivity contribution in [2.45, 2.75) is 48.9 Å². The number of rotatable bonds is 5. The molecule has 1 saturated carbocycles. The van der Waals surface area contributed by atoms with E-state index in [4.69, 9.17) is 21.8 Å². The molecule has 1 aliphatic carbocycles. The second-order valence-electron chi connectivity index (χ2n) is 8.23. The number of fused-ring (bicyclic) bond motifs is 3. The number of halogens is 1. The number of benzene rings is 1. The molecule has 4 aromatic rings. The van der Waals surface area contributed by atoms with Crippen LogP contribution in [-0.4, -0.2) is 26.9 Å². The van der Waals surface area contributed by atoms with Gasteiger partial charge in [0.25, 0.3) is 10.0 Å². The molecule has 0 aliphatic heterocycles. The molecular formula is C23H22ClN5O2S. The van der Waals surface area contributed by atoms with E-state index >= 15 is 0 Å². The van der Waals surface area contributed by atoms with Crippen molar-refractivity contribution in [2.75, 3.05) is 0 Å². The minimum atomic E-state index is -3.77. The molecule has 3 aromatic heterocycles. The van der Waals surface area contributed by atoms with Gasteiger partial charge in [-0.1, -0.05) is 18.2 Å². The molecule has 0 atom stereocenters. The number of hydrogen-bond acceptors (Lipinski definition) is 5. The summed E-state index contributed by atoms with van der Waals surface area (Å²) in [6.45, 7) is 0. The van der Waals surface area contributed by atoms with E-state index < -0.39 is 10.0 Å². The van der Waals surface area contributed by atoms with Gasteiger partial charge in [-0.05, 0) is 49.8 Å². The van der Waals surface area contributed by atoms with Gasteiger partial charge in [0.05, 0.1) is 28.6 Å². The third kappa shape index (κ3) is 3.37. The van der Waals surface area contributed by atoms with E-state index in [2.05, 4.69) is 15.6 Å². The van der Waals surface area contributed by atoms with Crippen molar-refractivity contribution in [1.29, 1.82) is 5.26 Å². The molecule has 0 amide bonds. The molecule has 7 nitrogen and oxygen atoms in total. The summed E-state index contributed by atoms with van der Waals surface area (Å²) in [5.74, 6) is 1.46. The van der Waals surface area contributed by atoms with Crippen molar-refractivity contribution >= 4 is 43.7 Å². The van der Waals surface area contributed by atoms with E-state index in [0.717, 1.165) is 42.4 Å². The molecule has 0 N–H and O–H groups in total. The van der Waals surface area contributed by atoms with Crippen molar-refractivity contribution < 1.29 is 8.42 Å². The van der Waals surface area contributed by atoms with Gasteiger partial charge < -0.3 is 4.57 Å². The Kier molecular flexibility index (Phi) is 5.39. The Labute approximate surface area is 191 Å². The minimum absolute atomic E-state index is 0.211. The second-order valence-corrected chi connectivity index (χ2v) is 10.3. The van der Waals surface area contributed by atoms with E-state index in [9.17, 15) is 8.42 Å². The van der Waals surface area contributed by atoms with E-state index in [0.29, 0.717) is 23.5 Å². The molecule has 0 spiro atoms. The van der Waals surface area contributed by atoms with Gasteiger partial charge in [-0.25, -0.2) is 22.4 Å². The molecule has 0 saturated heterocycles. The number of hydrogen-bond donors (Lipinski definition) is 0. The lowest BCUT2D eigenvalue weighted by atomic mass is 9.84. The van der Waals surface area contributed by atoms with E-state index in [-0.39, 0.29) is 16.8 Å². The first-order valence-electron chi connectivity index (χ1n) is 10.6. The Bertz CT molecular complexity index is 1430. The SMILES string of the molecule is N#CC[C@H]1CC[C@H](n2c(CCl)nc3cnc4c(ccn4S(=O)(=O)c4ccccc4)c32)CC1. The number of nitriles is 1. The maximum absolute atomic E-state index is 13.2. The van der Waals surface area contributed by atoms with Crippen LogP contribution < -0.4 is 0 Å². The average molecular weight is 468 g/mol. The van der Waals surface area contributed by atoms with Gasteiger partial charge in [-0.3, -0.25) is 0 Å². The predicted molar refractivity (Wildman–Crippen MR) is 123 cm³/mol. The van der Waals surface area contributed by atoms with Gasteiger partial charge in [0.2, 0.25) is 0 Å². The van der Waals surface area contributed by atoms with E-state index in [1.807, 2.05) is 0 Å². The van der Waals surface area contributed by atoms with Crippen molar-refractivity contribution in [3.05, 3.63) is 54.6 Å². The number of aromatic nitrogens is 4. The Morgan fingerprint density at radius 2 is 1.88 bits per heavy atom. The molecular weight excluding hydrogens is 446 g/mol. The van der Waals surface area contributed by atoms with Crippen LogP contribution in [0.1, 0.15) is 44.0 Å². The summed E-state index contributed by atoms with van der Waals surface area (Å²) in [4.78, 5) is 9.37. The summed E-state index contributed by atoms with van der Waals surface area (Å²) in [6, 6.07) is 12.6. The highest BCUT2D eigenvalue weighted by Gasteiger charge is 2.28. The zero-order chi connectivity index (χ0) is 22.3. The number of pyridine rings is 1. The Morgan fingerprint density at radius 3 is 2.56 bits per heavy atom. The highest BCUT2D eigenvalue weighted by atomic mass is 35.5. The molecule has 9 heteroatoms. The summed E-state index contributed by atoms with van der Waals surface area (Å²) >= 11 is 6.26. The molecule has 0 radical (unpaired) electrons. The van der Waals surface area contributed by atoms with Crippen LogP contribution in [0.3, 0.4) is 0 Å². The van der Waals surface area contributed by atoms with Crippen LogP contribution >= 0.6 is 11.6 Å². The molecule has 0 unspecified atom stereocenters. The van der Waals surface area contributed by atoms with Crippen LogP contribution in [0.2, 0.25) is 0 Å². The van der Waals surface area contributed by atoms with Crippen LogP contribution in [0, 0.1) is 17.2 Å². The maximum atomic E-state index is 13.2. The fourth-order valence-corrected chi connectivity index (χ4v) is 6.33. The van der Waals surface area contributed by atoms with Crippen molar-refractivity contribution in [1.82, 2.24) is 18.5 Å². The van der Waals surface area contributed by atoms with E-state index in [1.165, 1.54) is 3.97 Å². The fraction of sp³-hybridized carbons (Fsp3) is 0.348. The highest BCUT2D eigenvalue weighted by molar-refractivity contribution is 7.90. The highest BCUT2D eigenvalue weighted by Crippen LogP contribution is 2.38. The molecule has 5 rings (SSSR count). The number of imidazole rings is 1. The Hall–Kier alpha value is -2.89. The fourth-order valence-electron chi connectivity index (χ4n) is 4.82. The third-order valence-electron chi connectivity index (χ3n) is 6.38. The van der Waals surface area contributed by atoms with Gasteiger partial charge >= 0.3 is 0 Å². The first kappa shape index (κ1) is 21.0. The first-order chi connectivity index (χ1) is 15.5. The van der Waals surface area contributed by atoms with Gasteiger partial charge in [-0.2, -0.15) is 5.26 Å². The molecule has 0 bridgehead atoms. The monoisotopic (exact) mass is 467 g/mol. The largest absolute Gasteiger partial charge is 0.323 e. The van der Waals surface area contributed by atoms with Gasteiger partial charge in [0, 0.05) is 24.0 Å². The third-order valence-corrected chi connectivity index (χ3v) is 8.30. The van der Waals surface area contributed by atoms with Crippen molar-refractivity contribution in [3.8, 4) is 6.07 Å². The summed E-state index contributed by atoms with van der Waals surface area (Å²) in [7, 11) is -3.77. The molecule has 32 heavy (non-hydrogen) atoms. The Balaban J connectivity index is 1.65. The molecule has 1 aliphatic rings. The van der Waals surface area contributed by atoms with Crippen molar-refractivity contribution in [2.24, 2.45) is 5.92 Å². The van der Waals surface area contributed by atoms with Gasteiger partial charge in [0.15, 0.2) is 5.65 Å². The van der Waals surface area contributed by atoms with Crippen LogP contribution in [0.25, 0.3) is 22.1 Å². The Morgan fingerprint density at radius 1 is 1.12 bits per heavy atom. The van der Waals surface area contributed by atoms with Crippen LogP contribution in [-0.2, 0) is 15.9 Å². The lowest BCUT2D eigenvalue weighted by Gasteiger charge is -2.29. The molecule has 3 heterocycles. The van der Waals surface area contributed by atoms with Crippen LogP contribution in [0.4, 0.5) is 0 Å². The average Bonchev–Trinajstić information content (AvgIpc) is 3.42. The lowest BCUT2D eigenvalue weighted by Crippen LogP contribution is -2.19. The van der Waals surface area contributed by atoms with Crippen molar-refractivity contribution in [3.63, 3.8) is 0 Å². The standard InChI is InChI=1S/C23H22ClN5O2S/c24-14-21-27-20-15-26-23-19(11-13-28(23)32(30,31)18-4-2-1-3-5-18)22(20)29(21)17-8-6-16(7-9-17)10-12-25/h1-5,11,13,15-17H,6-10,14H2/t16-,17-. The quantitative estimate of drug-likeness (QED) is 0.385.